The largest absolute Gasteiger partial charge is 0.460 e. The molecule has 0 aromatic heterocycles. The van der Waals surface area contributed by atoms with Crippen LogP contribution in [0.2, 0.25) is 0 Å². The minimum atomic E-state index is -0.929. The maximum absolute atomic E-state index is 11.3. The van der Waals surface area contributed by atoms with Gasteiger partial charge in [-0.25, -0.2) is 4.79 Å². The van der Waals surface area contributed by atoms with Crippen molar-refractivity contribution in [3.63, 3.8) is 0 Å². The minimum Gasteiger partial charge on any atom is -0.460 e. The molecule has 0 aromatic rings. The van der Waals surface area contributed by atoms with Crippen molar-refractivity contribution >= 4 is 5.97 Å². The molecule has 160 valence electrons. The van der Waals surface area contributed by atoms with E-state index >= 15 is 0 Å². The first-order chi connectivity index (χ1) is 12.1. The summed E-state index contributed by atoms with van der Waals surface area (Å²) < 4.78 is 10.4. The highest BCUT2D eigenvalue weighted by atomic mass is 16.7. The van der Waals surface area contributed by atoms with Crippen LogP contribution in [-0.2, 0) is 19.1 Å². The van der Waals surface area contributed by atoms with Gasteiger partial charge in [0.1, 0.15) is 12.7 Å². The van der Waals surface area contributed by atoms with E-state index in [-0.39, 0.29) is 36.5 Å². The van der Waals surface area contributed by atoms with Crippen molar-refractivity contribution in [2.45, 2.75) is 84.6 Å². The van der Waals surface area contributed by atoms with Gasteiger partial charge in [-0.2, -0.15) is 5.06 Å². The van der Waals surface area contributed by atoms with Crippen LogP contribution in [0.3, 0.4) is 0 Å². The van der Waals surface area contributed by atoms with Gasteiger partial charge in [0.15, 0.2) is 0 Å². The second-order valence-electron chi connectivity index (χ2n) is 9.22. The molecule has 27 heavy (non-hydrogen) atoms. The van der Waals surface area contributed by atoms with E-state index in [1.165, 1.54) is 0 Å². The molecule has 0 saturated carbocycles. The lowest BCUT2D eigenvalue weighted by atomic mass is 9.95. The molecule has 1 atom stereocenters. The summed E-state index contributed by atoms with van der Waals surface area (Å²) in [5.41, 5.74) is -1.27. The van der Waals surface area contributed by atoms with Crippen LogP contribution in [0.1, 0.15) is 61.8 Å². The highest BCUT2D eigenvalue weighted by Gasteiger charge is 2.37. The van der Waals surface area contributed by atoms with E-state index in [1.807, 2.05) is 39.7 Å². The standard InChI is InChI=1S/C20H39NO6/c1-15(2)17(23)26-13-16(22)12-25-11-10-19(6,7)21(18(3,4)5)27-14-20(8,9)24/h16,22,24H,1,10-14H2,2-9H3. The number of hydroxylamine groups is 2. The number of ether oxygens (including phenoxy) is 2. The summed E-state index contributed by atoms with van der Waals surface area (Å²) in [6.07, 6.45) is -0.240. The Balaban J connectivity index is 4.49. The number of rotatable bonds is 12. The first-order valence-corrected chi connectivity index (χ1v) is 9.30. The molecule has 0 aliphatic rings. The van der Waals surface area contributed by atoms with E-state index in [2.05, 4.69) is 6.58 Å². The third kappa shape index (κ3) is 11.4. The third-order valence-electron chi connectivity index (χ3n) is 3.63. The van der Waals surface area contributed by atoms with E-state index in [9.17, 15) is 15.0 Å². The molecule has 7 nitrogen and oxygen atoms in total. The lowest BCUT2D eigenvalue weighted by Crippen LogP contribution is -2.55. The van der Waals surface area contributed by atoms with Crippen molar-refractivity contribution in [1.29, 1.82) is 0 Å². The smallest absolute Gasteiger partial charge is 0.333 e. The molecule has 0 radical (unpaired) electrons. The summed E-state index contributed by atoms with van der Waals surface area (Å²) in [7, 11) is 0. The average molecular weight is 390 g/mol. The van der Waals surface area contributed by atoms with Crippen molar-refractivity contribution in [1.82, 2.24) is 5.06 Å². The van der Waals surface area contributed by atoms with Gasteiger partial charge in [0.05, 0.1) is 18.8 Å². The number of aliphatic hydroxyl groups excluding tert-OH is 1. The number of carbonyl (C=O) groups excluding carboxylic acids is 1. The van der Waals surface area contributed by atoms with E-state index in [1.54, 1.807) is 20.8 Å². The maximum atomic E-state index is 11.3. The SMILES string of the molecule is C=C(C)C(=O)OCC(O)COCCC(C)(C)N(OCC(C)(C)O)C(C)(C)C. The molecule has 0 bridgehead atoms. The Morgan fingerprint density at radius 2 is 1.67 bits per heavy atom. The molecular weight excluding hydrogens is 350 g/mol. The Hall–Kier alpha value is -0.990. The number of carbonyl (C=O) groups is 1. The average Bonchev–Trinajstić information content (AvgIpc) is 2.46. The fraction of sp³-hybridized carbons (Fsp3) is 0.850. The predicted molar refractivity (Wildman–Crippen MR) is 105 cm³/mol. The van der Waals surface area contributed by atoms with Crippen LogP contribution in [-0.4, -0.2) is 70.5 Å². The quantitative estimate of drug-likeness (QED) is 0.229. The highest BCUT2D eigenvalue weighted by Crippen LogP contribution is 2.29. The van der Waals surface area contributed by atoms with Crippen LogP contribution in [0.5, 0.6) is 0 Å². The van der Waals surface area contributed by atoms with Gasteiger partial charge in [-0.3, -0.25) is 4.84 Å². The van der Waals surface area contributed by atoms with Crippen LogP contribution in [0.15, 0.2) is 12.2 Å². The molecule has 0 spiro atoms. The van der Waals surface area contributed by atoms with Crippen molar-refractivity contribution in [3.05, 3.63) is 12.2 Å². The van der Waals surface area contributed by atoms with Crippen molar-refractivity contribution in [3.8, 4) is 0 Å². The summed E-state index contributed by atoms with van der Waals surface area (Å²) in [6.45, 7) is 19.2. The van der Waals surface area contributed by atoms with E-state index in [0.717, 1.165) is 0 Å². The molecule has 0 heterocycles. The molecule has 0 aliphatic heterocycles. The summed E-state index contributed by atoms with van der Waals surface area (Å²) >= 11 is 0. The Labute approximate surface area is 164 Å². The van der Waals surface area contributed by atoms with Gasteiger partial charge in [-0.05, 0) is 61.8 Å². The van der Waals surface area contributed by atoms with Gasteiger partial charge >= 0.3 is 5.97 Å². The van der Waals surface area contributed by atoms with Gasteiger partial charge in [-0.1, -0.05) is 6.58 Å². The van der Waals surface area contributed by atoms with Crippen molar-refractivity contribution in [2.24, 2.45) is 0 Å². The zero-order chi connectivity index (χ0) is 21.5. The lowest BCUT2D eigenvalue weighted by molar-refractivity contribution is -0.282. The fourth-order valence-electron chi connectivity index (χ4n) is 2.48. The van der Waals surface area contributed by atoms with Crippen LogP contribution in [0.25, 0.3) is 0 Å². The normalized spacial score (nSPS) is 14.3. The molecule has 0 amide bonds. The van der Waals surface area contributed by atoms with E-state index in [0.29, 0.717) is 13.0 Å². The number of hydrogen-bond acceptors (Lipinski definition) is 7. The number of hydrogen-bond donors (Lipinski definition) is 2. The van der Waals surface area contributed by atoms with Crippen molar-refractivity contribution < 1.29 is 29.3 Å². The first-order valence-electron chi connectivity index (χ1n) is 9.30. The molecule has 0 fully saturated rings. The van der Waals surface area contributed by atoms with Crippen LogP contribution < -0.4 is 0 Å². The number of aliphatic hydroxyl groups is 2. The Morgan fingerprint density at radius 3 is 2.11 bits per heavy atom. The maximum Gasteiger partial charge on any atom is 0.333 e. The summed E-state index contributed by atoms with van der Waals surface area (Å²) in [5.74, 6) is -0.528. The third-order valence-corrected chi connectivity index (χ3v) is 3.63. The predicted octanol–water partition coefficient (Wildman–Crippen LogP) is 2.45. The van der Waals surface area contributed by atoms with Crippen molar-refractivity contribution in [2.75, 3.05) is 26.4 Å². The first kappa shape index (κ1) is 26.0. The Morgan fingerprint density at radius 1 is 1.11 bits per heavy atom. The number of nitrogens with zero attached hydrogens (tertiary/aromatic N) is 1. The molecule has 0 aromatic carbocycles. The topological polar surface area (TPSA) is 88.5 Å². The van der Waals surface area contributed by atoms with E-state index in [4.69, 9.17) is 14.3 Å². The molecule has 0 rings (SSSR count). The Kier molecular flexibility index (Phi) is 10.1. The van der Waals surface area contributed by atoms with Crippen LogP contribution in [0, 0.1) is 0 Å². The molecule has 7 heteroatoms. The second-order valence-corrected chi connectivity index (χ2v) is 9.22. The van der Waals surface area contributed by atoms with Crippen LogP contribution in [0.4, 0.5) is 0 Å². The minimum absolute atomic E-state index is 0.0690. The van der Waals surface area contributed by atoms with Gasteiger partial charge in [0, 0.05) is 23.3 Å². The van der Waals surface area contributed by atoms with Gasteiger partial charge < -0.3 is 19.7 Å². The summed E-state index contributed by atoms with van der Waals surface area (Å²) in [5, 5.41) is 21.7. The van der Waals surface area contributed by atoms with Gasteiger partial charge in [0.25, 0.3) is 0 Å². The molecule has 2 N–H and O–H groups in total. The van der Waals surface area contributed by atoms with Gasteiger partial charge in [-0.15, -0.1) is 0 Å². The van der Waals surface area contributed by atoms with Gasteiger partial charge in [0.2, 0.25) is 0 Å². The Bertz CT molecular complexity index is 476. The lowest BCUT2D eigenvalue weighted by Gasteiger charge is -2.46. The van der Waals surface area contributed by atoms with Crippen LogP contribution >= 0.6 is 0 Å². The molecule has 0 saturated heterocycles. The highest BCUT2D eigenvalue weighted by molar-refractivity contribution is 5.86. The zero-order valence-electron chi connectivity index (χ0n) is 18.3. The van der Waals surface area contributed by atoms with E-state index < -0.39 is 17.7 Å². The summed E-state index contributed by atoms with van der Waals surface area (Å²) in [4.78, 5) is 17.2. The summed E-state index contributed by atoms with van der Waals surface area (Å²) in [6, 6.07) is 0. The molecule has 1 unspecified atom stereocenters. The second kappa shape index (κ2) is 10.5. The monoisotopic (exact) mass is 389 g/mol. The molecule has 0 aliphatic carbocycles. The molecular formula is C20H39NO6. The zero-order valence-corrected chi connectivity index (χ0v) is 18.3. The number of esters is 1. The fourth-order valence-corrected chi connectivity index (χ4v) is 2.48.